The smallest absolute Gasteiger partial charge is 0.191 e. The second-order valence-corrected chi connectivity index (χ2v) is 7.89. The summed E-state index contributed by atoms with van der Waals surface area (Å²) in [4.78, 5) is 4.43. The van der Waals surface area contributed by atoms with Gasteiger partial charge in [-0.1, -0.05) is 0 Å². The molecule has 2 N–H and O–H groups in total. The average Bonchev–Trinajstić information content (AvgIpc) is 2.88. The maximum absolute atomic E-state index is 12.8. The molecule has 0 radical (unpaired) electrons. The van der Waals surface area contributed by atoms with Gasteiger partial charge < -0.3 is 15.4 Å². The molecule has 1 aliphatic heterocycles. The summed E-state index contributed by atoms with van der Waals surface area (Å²) in [6, 6.07) is 5.81. The molecule has 0 spiro atoms. The third-order valence-corrected chi connectivity index (χ3v) is 5.34. The minimum absolute atomic E-state index is 0.0803. The van der Waals surface area contributed by atoms with Crippen molar-refractivity contribution in [3.63, 3.8) is 0 Å². The quantitative estimate of drug-likeness (QED) is 0.437. The number of nitrogens with zero attached hydrogens (tertiary/aromatic N) is 1. The maximum atomic E-state index is 12.8. The first-order valence-corrected chi connectivity index (χ1v) is 9.94. The highest BCUT2D eigenvalue weighted by Gasteiger charge is 2.28. The molecule has 1 fully saturated rings. The molecule has 1 saturated heterocycles. The van der Waals surface area contributed by atoms with Crippen LogP contribution in [0, 0.1) is 5.82 Å². The van der Waals surface area contributed by atoms with Crippen molar-refractivity contribution in [2.75, 3.05) is 31.2 Å². The fraction of sp³-hybridized carbons (Fsp3) is 0.562. The van der Waals surface area contributed by atoms with E-state index in [-0.39, 0.29) is 23.4 Å². The van der Waals surface area contributed by atoms with E-state index in [0.717, 1.165) is 0 Å². The summed E-state index contributed by atoms with van der Waals surface area (Å²) >= 11 is 0. The number of aliphatic imine (C=N–C) groups is 1. The molecule has 1 aromatic carbocycles. The Labute approximate surface area is 142 Å². The molecule has 0 aromatic heterocycles. The standard InChI is InChI=1S/C16H24FN3O3S/c1-2-18-16(20-14-8-11-24(21,22)12-14)19-9-3-10-23-15-6-4-13(17)5-7-15/h4-7,14H,2-3,8-12H2,1H3,(H2,18,19,20). The molecule has 0 aliphatic carbocycles. The summed E-state index contributed by atoms with van der Waals surface area (Å²) in [5.74, 6) is 1.35. The van der Waals surface area contributed by atoms with Crippen molar-refractivity contribution in [1.82, 2.24) is 10.6 Å². The van der Waals surface area contributed by atoms with Gasteiger partial charge in [-0.05, 0) is 37.6 Å². The Balaban J connectivity index is 1.73. The van der Waals surface area contributed by atoms with Gasteiger partial charge in [0.1, 0.15) is 11.6 Å². The molecule has 0 bridgehead atoms. The van der Waals surface area contributed by atoms with Crippen molar-refractivity contribution >= 4 is 15.8 Å². The van der Waals surface area contributed by atoms with Gasteiger partial charge in [0.25, 0.3) is 0 Å². The predicted molar refractivity (Wildman–Crippen MR) is 92.7 cm³/mol. The zero-order valence-corrected chi connectivity index (χ0v) is 14.6. The molecule has 1 unspecified atom stereocenters. The molecule has 1 atom stereocenters. The van der Waals surface area contributed by atoms with Gasteiger partial charge in [0.05, 0.1) is 18.1 Å². The first kappa shape index (κ1) is 18.5. The minimum atomic E-state index is -2.91. The maximum Gasteiger partial charge on any atom is 0.191 e. The number of guanidine groups is 1. The van der Waals surface area contributed by atoms with Crippen LogP contribution in [0.4, 0.5) is 4.39 Å². The number of benzene rings is 1. The van der Waals surface area contributed by atoms with Crippen LogP contribution in [0.25, 0.3) is 0 Å². The van der Waals surface area contributed by atoms with Crippen LogP contribution in [-0.2, 0) is 9.84 Å². The molecule has 24 heavy (non-hydrogen) atoms. The van der Waals surface area contributed by atoms with Crippen molar-refractivity contribution in [3.8, 4) is 5.75 Å². The van der Waals surface area contributed by atoms with Crippen LogP contribution in [0.15, 0.2) is 29.3 Å². The lowest BCUT2D eigenvalue weighted by molar-refractivity contribution is 0.313. The molecule has 1 aromatic rings. The Kier molecular flexibility index (Phi) is 6.84. The highest BCUT2D eigenvalue weighted by Crippen LogP contribution is 2.12. The van der Waals surface area contributed by atoms with Crippen LogP contribution >= 0.6 is 0 Å². The molecule has 134 valence electrons. The molecular weight excluding hydrogens is 333 g/mol. The van der Waals surface area contributed by atoms with Crippen molar-refractivity contribution < 1.29 is 17.5 Å². The molecule has 0 amide bonds. The average molecular weight is 357 g/mol. The highest BCUT2D eigenvalue weighted by atomic mass is 32.2. The van der Waals surface area contributed by atoms with Crippen molar-refractivity contribution in [2.24, 2.45) is 4.99 Å². The fourth-order valence-corrected chi connectivity index (χ4v) is 4.07. The Hall–Kier alpha value is -1.83. The van der Waals surface area contributed by atoms with Crippen LogP contribution in [0.5, 0.6) is 5.75 Å². The van der Waals surface area contributed by atoms with Crippen LogP contribution in [0.3, 0.4) is 0 Å². The normalized spacial score (nSPS) is 19.9. The number of hydrogen-bond donors (Lipinski definition) is 2. The number of halogens is 1. The zero-order chi connectivity index (χ0) is 17.4. The van der Waals surface area contributed by atoms with E-state index in [1.807, 2.05) is 6.92 Å². The summed E-state index contributed by atoms with van der Waals surface area (Å²) in [5.41, 5.74) is 0. The van der Waals surface area contributed by atoms with E-state index in [4.69, 9.17) is 4.74 Å². The van der Waals surface area contributed by atoms with Crippen LogP contribution in [0.2, 0.25) is 0 Å². The molecule has 1 heterocycles. The van der Waals surface area contributed by atoms with Gasteiger partial charge >= 0.3 is 0 Å². The largest absolute Gasteiger partial charge is 0.494 e. The number of nitrogens with one attached hydrogen (secondary N) is 2. The SMILES string of the molecule is CCNC(=NCCCOc1ccc(F)cc1)NC1CCS(=O)(=O)C1. The number of sulfone groups is 1. The van der Waals surface area contributed by atoms with Crippen molar-refractivity contribution in [3.05, 3.63) is 30.1 Å². The van der Waals surface area contributed by atoms with Gasteiger partial charge in [-0.25, -0.2) is 12.8 Å². The summed E-state index contributed by atoms with van der Waals surface area (Å²) in [6.07, 6.45) is 1.32. The lowest BCUT2D eigenvalue weighted by Crippen LogP contribution is -2.44. The van der Waals surface area contributed by atoms with E-state index >= 15 is 0 Å². The van der Waals surface area contributed by atoms with Gasteiger partial charge in [-0.15, -0.1) is 0 Å². The van der Waals surface area contributed by atoms with Crippen molar-refractivity contribution in [1.29, 1.82) is 0 Å². The Morgan fingerprint density at radius 2 is 2.12 bits per heavy atom. The van der Waals surface area contributed by atoms with Gasteiger partial charge in [0.2, 0.25) is 0 Å². The molecule has 8 heteroatoms. The van der Waals surface area contributed by atoms with Gasteiger partial charge in [0, 0.05) is 25.6 Å². The molecule has 6 nitrogen and oxygen atoms in total. The molecule has 1 aliphatic rings. The number of rotatable bonds is 7. The second kappa shape index (κ2) is 8.86. The van der Waals surface area contributed by atoms with Gasteiger partial charge in [-0.2, -0.15) is 0 Å². The van der Waals surface area contributed by atoms with E-state index in [2.05, 4.69) is 15.6 Å². The monoisotopic (exact) mass is 357 g/mol. The summed E-state index contributed by atoms with van der Waals surface area (Å²) in [6.45, 7) is 3.69. The molecule has 2 rings (SSSR count). The predicted octanol–water partition coefficient (Wildman–Crippen LogP) is 1.34. The lowest BCUT2D eigenvalue weighted by atomic mass is 10.3. The lowest BCUT2D eigenvalue weighted by Gasteiger charge is -2.15. The van der Waals surface area contributed by atoms with Gasteiger partial charge in [-0.3, -0.25) is 4.99 Å². The zero-order valence-electron chi connectivity index (χ0n) is 13.8. The number of ether oxygens (including phenoxy) is 1. The van der Waals surface area contributed by atoms with E-state index < -0.39 is 9.84 Å². The summed E-state index contributed by atoms with van der Waals surface area (Å²) in [7, 11) is -2.91. The first-order chi connectivity index (χ1) is 11.5. The van der Waals surface area contributed by atoms with E-state index in [1.165, 1.54) is 12.1 Å². The first-order valence-electron chi connectivity index (χ1n) is 8.12. The third kappa shape index (κ3) is 6.35. The van der Waals surface area contributed by atoms with E-state index in [1.54, 1.807) is 12.1 Å². The van der Waals surface area contributed by atoms with Crippen molar-refractivity contribution in [2.45, 2.75) is 25.8 Å². The second-order valence-electron chi connectivity index (χ2n) is 5.66. The van der Waals surface area contributed by atoms with Gasteiger partial charge in [0.15, 0.2) is 15.8 Å². The minimum Gasteiger partial charge on any atom is -0.494 e. The Morgan fingerprint density at radius 3 is 2.75 bits per heavy atom. The van der Waals surface area contributed by atoms with Crippen LogP contribution in [0.1, 0.15) is 19.8 Å². The molecular formula is C16H24FN3O3S. The Bertz CT molecular complexity index is 647. The third-order valence-electron chi connectivity index (χ3n) is 3.57. The number of hydrogen-bond acceptors (Lipinski definition) is 4. The molecule has 0 saturated carbocycles. The van der Waals surface area contributed by atoms with Crippen LogP contribution in [-0.4, -0.2) is 51.6 Å². The van der Waals surface area contributed by atoms with E-state index in [0.29, 0.717) is 44.2 Å². The fourth-order valence-electron chi connectivity index (χ4n) is 2.40. The highest BCUT2D eigenvalue weighted by molar-refractivity contribution is 7.91. The van der Waals surface area contributed by atoms with E-state index in [9.17, 15) is 12.8 Å². The van der Waals surface area contributed by atoms with Crippen LogP contribution < -0.4 is 15.4 Å². The Morgan fingerprint density at radius 1 is 1.38 bits per heavy atom. The summed E-state index contributed by atoms with van der Waals surface area (Å²) < 4.78 is 41.3. The topological polar surface area (TPSA) is 79.8 Å². The summed E-state index contributed by atoms with van der Waals surface area (Å²) in [5, 5.41) is 6.28.